The minimum Gasteiger partial charge on any atom is -0.478 e. The average Bonchev–Trinajstić information content (AvgIpc) is 3.33. The summed E-state index contributed by atoms with van der Waals surface area (Å²) >= 11 is 13.8. The number of alkyl halides is 3. The number of ether oxygens (including phenoxy) is 1. The normalized spacial score (nSPS) is 16.1. The van der Waals surface area contributed by atoms with Crippen LogP contribution in [0.15, 0.2) is 101 Å². The van der Waals surface area contributed by atoms with Crippen LogP contribution in [0.2, 0.25) is 10.0 Å². The van der Waals surface area contributed by atoms with Crippen LogP contribution >= 0.6 is 35.0 Å². The van der Waals surface area contributed by atoms with Crippen LogP contribution in [0.1, 0.15) is 38.0 Å². The van der Waals surface area contributed by atoms with Crippen LogP contribution < -0.4 is 4.74 Å². The quantitative estimate of drug-likeness (QED) is 0.210. The summed E-state index contributed by atoms with van der Waals surface area (Å²) in [6.07, 6.45) is -2.56. The number of nitrogens with zero attached hydrogens (tertiary/aromatic N) is 2. The molecule has 4 aromatic carbocycles. The number of carbonyl (C=O) groups is 1. The molecule has 5 rings (SSSR count). The van der Waals surface area contributed by atoms with Crippen LogP contribution in [-0.4, -0.2) is 15.8 Å². The molecule has 1 atom stereocenters. The molecule has 41 heavy (non-hydrogen) atoms. The summed E-state index contributed by atoms with van der Waals surface area (Å²) in [6, 6.07) is 23.5. The topological polar surface area (TPSA) is 61.9 Å². The molecule has 0 spiro atoms. The molecule has 0 amide bonds. The third kappa shape index (κ3) is 7.11. The first-order valence-corrected chi connectivity index (χ1v) is 13.8. The second-order valence-corrected chi connectivity index (χ2v) is 10.9. The Hall–Kier alpha value is -3.79. The molecule has 0 radical (unpaired) electrons. The van der Waals surface area contributed by atoms with Crippen molar-refractivity contribution in [2.45, 2.75) is 18.1 Å². The van der Waals surface area contributed by atoms with Crippen LogP contribution in [0.5, 0.6) is 11.5 Å². The highest BCUT2D eigenvalue weighted by atomic mass is 35.5. The van der Waals surface area contributed by atoms with Gasteiger partial charge in [0.1, 0.15) is 11.5 Å². The highest BCUT2D eigenvalue weighted by Crippen LogP contribution is 2.45. The van der Waals surface area contributed by atoms with Gasteiger partial charge in [-0.3, -0.25) is 0 Å². The lowest BCUT2D eigenvalue weighted by Gasteiger charge is -2.11. The van der Waals surface area contributed by atoms with Gasteiger partial charge in [-0.2, -0.15) is 13.2 Å². The molecule has 0 aromatic heterocycles. The number of carboxylic acid groups (broad SMARTS) is 1. The van der Waals surface area contributed by atoms with E-state index in [0.717, 1.165) is 33.9 Å². The van der Waals surface area contributed by atoms with Crippen molar-refractivity contribution in [3.63, 3.8) is 0 Å². The molecule has 5 nitrogen and oxygen atoms in total. The van der Waals surface area contributed by atoms with E-state index in [0.29, 0.717) is 22.3 Å². The molecule has 0 bridgehead atoms. The van der Waals surface area contributed by atoms with E-state index in [4.69, 9.17) is 33.1 Å². The Morgan fingerprint density at radius 1 is 0.951 bits per heavy atom. The predicted octanol–water partition coefficient (Wildman–Crippen LogP) is 9.91. The van der Waals surface area contributed by atoms with E-state index in [1.54, 1.807) is 42.5 Å². The first-order valence-electron chi connectivity index (χ1n) is 12.1. The van der Waals surface area contributed by atoms with Crippen molar-refractivity contribution in [1.82, 2.24) is 0 Å². The van der Waals surface area contributed by atoms with E-state index >= 15 is 0 Å². The first-order chi connectivity index (χ1) is 19.5. The molecule has 208 valence electrons. The third-order valence-corrected chi connectivity index (χ3v) is 7.94. The van der Waals surface area contributed by atoms with Crippen molar-refractivity contribution in [2.24, 2.45) is 5.11 Å². The monoisotopic (exact) mass is 615 g/mol. The lowest BCUT2D eigenvalue weighted by Crippen LogP contribution is -2.04. The van der Waals surface area contributed by atoms with Crippen molar-refractivity contribution < 1.29 is 32.5 Å². The van der Waals surface area contributed by atoms with Gasteiger partial charge in [-0.15, -0.1) is 0 Å². The van der Waals surface area contributed by atoms with Gasteiger partial charge in [0.25, 0.3) is 5.03 Å². The Balaban J connectivity index is 1.44. The Labute approximate surface area is 247 Å². The Morgan fingerprint density at radius 2 is 1.66 bits per heavy atom. The van der Waals surface area contributed by atoms with E-state index in [2.05, 4.69) is 0 Å². The molecule has 11 heteroatoms. The van der Waals surface area contributed by atoms with Crippen molar-refractivity contribution in [1.29, 1.82) is 0 Å². The van der Waals surface area contributed by atoms with Crippen LogP contribution in [0.3, 0.4) is 0 Å². The zero-order valence-corrected chi connectivity index (χ0v) is 23.3. The van der Waals surface area contributed by atoms with Gasteiger partial charge in [-0.25, -0.2) is 4.79 Å². The van der Waals surface area contributed by atoms with Crippen molar-refractivity contribution >= 4 is 47.0 Å². The SMILES string of the molecule is O=C(O)c1ccc(C[N+]2=NC(c3cccc(Oc4cccc(C(F)(F)F)c4)c3)SC2=Cc2ccc(Cl)c(Cl)c2)cc1. The number of halogens is 5. The average molecular weight is 616 g/mol. The summed E-state index contributed by atoms with van der Waals surface area (Å²) < 4.78 is 47.0. The lowest BCUT2D eigenvalue weighted by atomic mass is 10.1. The van der Waals surface area contributed by atoms with Crippen LogP contribution in [0, 0.1) is 0 Å². The number of hydrogen-bond acceptors (Lipinski definition) is 4. The molecule has 1 aliphatic heterocycles. The lowest BCUT2D eigenvalue weighted by molar-refractivity contribution is -0.547. The third-order valence-electron chi connectivity index (χ3n) is 6.04. The molecule has 4 aromatic rings. The highest BCUT2D eigenvalue weighted by Gasteiger charge is 2.34. The number of carboxylic acids is 1. The maximum absolute atomic E-state index is 13.1. The maximum Gasteiger partial charge on any atom is 0.416 e. The number of hydrogen-bond donors (Lipinski definition) is 1. The van der Waals surface area contributed by atoms with Gasteiger partial charge in [-0.1, -0.05) is 64.3 Å². The molecular weight excluding hydrogens is 596 g/mol. The fraction of sp³-hybridized carbons (Fsp3) is 0.100. The van der Waals surface area contributed by atoms with Gasteiger partial charge in [0.05, 0.1) is 21.2 Å². The van der Waals surface area contributed by atoms with Gasteiger partial charge in [0, 0.05) is 11.6 Å². The van der Waals surface area contributed by atoms with Gasteiger partial charge in [0.15, 0.2) is 5.37 Å². The largest absolute Gasteiger partial charge is 0.478 e. The van der Waals surface area contributed by atoms with Crippen LogP contribution in [0.4, 0.5) is 13.2 Å². The second kappa shape index (κ2) is 12.0. The summed E-state index contributed by atoms with van der Waals surface area (Å²) in [4.78, 5) is 11.2. The Morgan fingerprint density at radius 3 is 2.34 bits per heavy atom. The number of benzene rings is 4. The molecule has 0 aliphatic carbocycles. The maximum atomic E-state index is 13.1. The summed E-state index contributed by atoms with van der Waals surface area (Å²) in [6.45, 7) is 0.372. The van der Waals surface area contributed by atoms with E-state index < -0.39 is 17.7 Å². The summed E-state index contributed by atoms with van der Waals surface area (Å²) in [7, 11) is 0. The molecule has 0 saturated carbocycles. The summed E-state index contributed by atoms with van der Waals surface area (Å²) in [5, 5.41) is 15.4. The van der Waals surface area contributed by atoms with Crippen molar-refractivity contribution in [3.05, 3.63) is 134 Å². The zero-order chi connectivity index (χ0) is 29.1. The van der Waals surface area contributed by atoms with E-state index in [1.807, 2.05) is 22.9 Å². The second-order valence-electron chi connectivity index (χ2n) is 9.00. The number of rotatable bonds is 7. The summed E-state index contributed by atoms with van der Waals surface area (Å²) in [5.74, 6) is -0.569. The Kier molecular flexibility index (Phi) is 8.40. The smallest absolute Gasteiger partial charge is 0.416 e. The molecule has 0 fully saturated rings. The van der Waals surface area contributed by atoms with Gasteiger partial charge in [0.2, 0.25) is 6.54 Å². The fourth-order valence-electron chi connectivity index (χ4n) is 4.02. The fourth-order valence-corrected chi connectivity index (χ4v) is 5.43. The molecular formula is C30H20Cl2F3N2O3S+. The van der Waals surface area contributed by atoms with Crippen molar-refractivity contribution in [3.8, 4) is 11.5 Å². The van der Waals surface area contributed by atoms with Crippen molar-refractivity contribution in [2.75, 3.05) is 0 Å². The predicted molar refractivity (Wildman–Crippen MR) is 153 cm³/mol. The molecule has 1 N–H and O–H groups in total. The van der Waals surface area contributed by atoms with E-state index in [-0.39, 0.29) is 16.7 Å². The zero-order valence-electron chi connectivity index (χ0n) is 21.0. The van der Waals surface area contributed by atoms with Crippen LogP contribution in [0.25, 0.3) is 6.08 Å². The minimum atomic E-state index is -4.48. The molecule has 1 unspecified atom stereocenters. The highest BCUT2D eigenvalue weighted by molar-refractivity contribution is 8.03. The van der Waals surface area contributed by atoms with Gasteiger partial charge in [-0.05, 0) is 82.6 Å². The van der Waals surface area contributed by atoms with Gasteiger partial charge < -0.3 is 9.84 Å². The Bertz CT molecular complexity index is 1670. The summed E-state index contributed by atoms with van der Waals surface area (Å²) in [5.41, 5.74) is 1.83. The standard InChI is InChI=1S/C30H19Cl2F3N2O3S/c31-25-12-9-19(13-26(25)32)14-27-37(17-18-7-10-20(11-8-18)29(38)39)36-28(41-27)21-3-1-5-23(15-21)40-24-6-2-4-22(16-24)30(33,34)35/h1-16,28H,17H2/p+1. The minimum absolute atomic E-state index is 0.0691. The first kappa shape index (κ1) is 28.7. The van der Waals surface area contributed by atoms with Crippen LogP contribution in [-0.2, 0) is 12.7 Å². The molecule has 1 heterocycles. The van der Waals surface area contributed by atoms with E-state index in [9.17, 15) is 23.1 Å². The number of thioether (sulfide) groups is 1. The number of azo groups is 2. The molecule has 0 saturated heterocycles. The van der Waals surface area contributed by atoms with E-state index in [1.165, 1.54) is 36.0 Å². The number of aromatic carboxylic acids is 1. The molecule has 1 aliphatic rings. The van der Waals surface area contributed by atoms with Gasteiger partial charge >= 0.3 is 12.1 Å².